The van der Waals surface area contributed by atoms with Gasteiger partial charge in [-0.1, -0.05) is 6.07 Å². The number of benzene rings is 2. The maximum atomic E-state index is 12.8. The molecule has 0 fully saturated rings. The highest BCUT2D eigenvalue weighted by Crippen LogP contribution is 2.39. The van der Waals surface area contributed by atoms with Crippen molar-refractivity contribution in [1.29, 1.82) is 5.26 Å². The van der Waals surface area contributed by atoms with Crippen LogP contribution >= 0.6 is 0 Å². The SMILES string of the molecule is COc1cc2c(cc1/C=C(/C#N)C(=O)Nc1cccc(C(F)(F)F)c1)OCO2. The maximum Gasteiger partial charge on any atom is 0.416 e. The number of hydrogen-bond donors (Lipinski definition) is 1. The molecule has 1 amide bonds. The Morgan fingerprint density at radius 3 is 2.61 bits per heavy atom. The molecule has 2 aromatic carbocycles. The van der Waals surface area contributed by atoms with Gasteiger partial charge in [-0.2, -0.15) is 18.4 Å². The Hall–Kier alpha value is -3.67. The molecule has 0 radical (unpaired) electrons. The average Bonchev–Trinajstić information content (AvgIpc) is 3.12. The highest BCUT2D eigenvalue weighted by Gasteiger charge is 2.30. The summed E-state index contributed by atoms with van der Waals surface area (Å²) in [6, 6.07) is 8.95. The van der Waals surface area contributed by atoms with Crippen LogP contribution in [0.25, 0.3) is 6.08 Å². The van der Waals surface area contributed by atoms with Gasteiger partial charge in [0.2, 0.25) is 6.79 Å². The van der Waals surface area contributed by atoms with Crippen LogP contribution in [0.5, 0.6) is 17.2 Å². The molecule has 9 heteroatoms. The number of carbonyl (C=O) groups is 1. The third kappa shape index (κ3) is 4.01. The topological polar surface area (TPSA) is 80.6 Å². The summed E-state index contributed by atoms with van der Waals surface area (Å²) in [5.74, 6) is 0.356. The molecule has 0 saturated heterocycles. The second-order valence-electron chi connectivity index (χ2n) is 5.65. The molecule has 1 aliphatic rings. The van der Waals surface area contributed by atoms with Crippen LogP contribution in [-0.2, 0) is 11.0 Å². The predicted molar refractivity (Wildman–Crippen MR) is 92.8 cm³/mol. The highest BCUT2D eigenvalue weighted by atomic mass is 19.4. The van der Waals surface area contributed by atoms with E-state index in [0.29, 0.717) is 22.8 Å². The second kappa shape index (κ2) is 7.52. The van der Waals surface area contributed by atoms with Gasteiger partial charge in [0, 0.05) is 17.3 Å². The predicted octanol–water partition coefficient (Wildman–Crippen LogP) is 3.99. The van der Waals surface area contributed by atoms with Crippen LogP contribution in [-0.4, -0.2) is 19.8 Å². The minimum atomic E-state index is -4.55. The first-order valence-corrected chi connectivity index (χ1v) is 7.90. The minimum absolute atomic E-state index is 0.0345. The first kappa shape index (κ1) is 19.1. The molecular weight excluding hydrogens is 377 g/mol. The summed E-state index contributed by atoms with van der Waals surface area (Å²) in [6.45, 7) is 0.0345. The molecule has 1 N–H and O–H groups in total. The van der Waals surface area contributed by atoms with Gasteiger partial charge in [0.25, 0.3) is 5.91 Å². The molecular formula is C19H13F3N2O4. The number of halogens is 3. The van der Waals surface area contributed by atoms with Gasteiger partial charge >= 0.3 is 6.18 Å². The third-order valence-electron chi connectivity index (χ3n) is 3.84. The quantitative estimate of drug-likeness (QED) is 0.631. The van der Waals surface area contributed by atoms with E-state index in [9.17, 15) is 23.2 Å². The molecule has 28 heavy (non-hydrogen) atoms. The van der Waals surface area contributed by atoms with Crippen molar-refractivity contribution in [2.75, 3.05) is 19.2 Å². The largest absolute Gasteiger partial charge is 0.496 e. The normalized spacial score (nSPS) is 13.0. The highest BCUT2D eigenvalue weighted by molar-refractivity contribution is 6.09. The van der Waals surface area contributed by atoms with Crippen molar-refractivity contribution >= 4 is 17.7 Å². The van der Waals surface area contributed by atoms with E-state index in [4.69, 9.17) is 14.2 Å². The van der Waals surface area contributed by atoms with Gasteiger partial charge in [0.05, 0.1) is 12.7 Å². The lowest BCUT2D eigenvalue weighted by Gasteiger charge is -2.10. The van der Waals surface area contributed by atoms with Crippen molar-refractivity contribution in [2.24, 2.45) is 0 Å². The number of carbonyl (C=O) groups excluding carboxylic acids is 1. The lowest BCUT2D eigenvalue weighted by atomic mass is 10.1. The zero-order valence-corrected chi connectivity index (χ0v) is 14.5. The smallest absolute Gasteiger partial charge is 0.416 e. The maximum absolute atomic E-state index is 12.8. The van der Waals surface area contributed by atoms with Gasteiger partial charge in [-0.05, 0) is 30.3 Å². The number of anilines is 1. The van der Waals surface area contributed by atoms with Crippen LogP contribution < -0.4 is 19.5 Å². The molecule has 0 spiro atoms. The van der Waals surface area contributed by atoms with E-state index in [2.05, 4.69) is 5.32 Å². The van der Waals surface area contributed by atoms with Gasteiger partial charge < -0.3 is 19.5 Å². The number of rotatable bonds is 4. The summed E-state index contributed by atoms with van der Waals surface area (Å²) in [5, 5.41) is 11.6. The van der Waals surface area contributed by atoms with E-state index in [1.54, 1.807) is 12.1 Å². The van der Waals surface area contributed by atoms with E-state index >= 15 is 0 Å². The summed E-state index contributed by atoms with van der Waals surface area (Å²) in [4.78, 5) is 12.4. The fourth-order valence-electron chi connectivity index (χ4n) is 2.50. The van der Waals surface area contributed by atoms with Crippen LogP contribution in [0.15, 0.2) is 42.0 Å². The molecule has 1 aliphatic heterocycles. The van der Waals surface area contributed by atoms with Gasteiger partial charge in [0.15, 0.2) is 11.5 Å². The Labute approximate surface area is 157 Å². The van der Waals surface area contributed by atoms with Gasteiger partial charge in [-0.3, -0.25) is 4.79 Å². The van der Waals surface area contributed by atoms with Crippen LogP contribution in [0.2, 0.25) is 0 Å². The molecule has 144 valence electrons. The fraction of sp³-hybridized carbons (Fsp3) is 0.158. The molecule has 0 aliphatic carbocycles. The Morgan fingerprint density at radius 1 is 1.25 bits per heavy atom. The number of alkyl halides is 3. The molecule has 0 aromatic heterocycles. The number of amides is 1. The molecule has 0 saturated carbocycles. The number of fused-ring (bicyclic) bond motifs is 1. The zero-order valence-electron chi connectivity index (χ0n) is 14.5. The summed E-state index contributed by atoms with van der Waals surface area (Å²) < 4.78 is 54.1. The van der Waals surface area contributed by atoms with Crippen molar-refractivity contribution in [2.45, 2.75) is 6.18 Å². The lowest BCUT2D eigenvalue weighted by Crippen LogP contribution is -2.14. The van der Waals surface area contributed by atoms with E-state index in [-0.39, 0.29) is 18.1 Å². The Kier molecular flexibility index (Phi) is 5.13. The second-order valence-corrected chi connectivity index (χ2v) is 5.65. The molecule has 2 aromatic rings. The van der Waals surface area contributed by atoms with Crippen molar-refractivity contribution in [3.8, 4) is 23.3 Å². The van der Waals surface area contributed by atoms with Crippen molar-refractivity contribution < 1.29 is 32.2 Å². The number of nitriles is 1. The minimum Gasteiger partial charge on any atom is -0.496 e. The number of methoxy groups -OCH3 is 1. The molecule has 0 unspecified atom stereocenters. The van der Waals surface area contributed by atoms with Crippen LogP contribution in [0, 0.1) is 11.3 Å². The molecule has 1 heterocycles. The van der Waals surface area contributed by atoms with Gasteiger partial charge in [0.1, 0.15) is 17.4 Å². The zero-order chi connectivity index (χ0) is 20.3. The number of nitrogens with one attached hydrogen (secondary N) is 1. The summed E-state index contributed by atoms with van der Waals surface area (Å²) in [6.07, 6.45) is -3.29. The van der Waals surface area contributed by atoms with Crippen LogP contribution in [0.4, 0.5) is 18.9 Å². The van der Waals surface area contributed by atoms with E-state index in [0.717, 1.165) is 18.2 Å². The van der Waals surface area contributed by atoms with E-state index < -0.39 is 17.6 Å². The third-order valence-corrected chi connectivity index (χ3v) is 3.84. The fourth-order valence-corrected chi connectivity index (χ4v) is 2.50. The standard InChI is InChI=1S/C19H13F3N2O4/c1-26-15-8-17-16(27-10-28-17)6-11(15)5-12(9-23)18(25)24-14-4-2-3-13(7-14)19(20,21)22/h2-8H,10H2,1H3,(H,24,25)/b12-5-. The molecule has 6 nitrogen and oxygen atoms in total. The summed E-state index contributed by atoms with van der Waals surface area (Å²) in [5.41, 5.74) is -0.944. The monoisotopic (exact) mass is 390 g/mol. The van der Waals surface area contributed by atoms with Crippen molar-refractivity contribution in [3.63, 3.8) is 0 Å². The Bertz CT molecular complexity index is 994. The summed E-state index contributed by atoms with van der Waals surface area (Å²) in [7, 11) is 1.41. The van der Waals surface area contributed by atoms with Crippen LogP contribution in [0.1, 0.15) is 11.1 Å². The number of ether oxygens (including phenoxy) is 3. The van der Waals surface area contributed by atoms with Gasteiger partial charge in [-0.15, -0.1) is 0 Å². The lowest BCUT2D eigenvalue weighted by molar-refractivity contribution is -0.137. The van der Waals surface area contributed by atoms with Crippen molar-refractivity contribution in [1.82, 2.24) is 0 Å². The van der Waals surface area contributed by atoms with Gasteiger partial charge in [-0.25, -0.2) is 0 Å². The molecule has 0 bridgehead atoms. The first-order valence-electron chi connectivity index (χ1n) is 7.90. The van der Waals surface area contributed by atoms with Crippen molar-refractivity contribution in [3.05, 3.63) is 53.1 Å². The Morgan fingerprint density at radius 2 is 1.96 bits per heavy atom. The molecule has 3 rings (SSSR count). The van der Waals surface area contributed by atoms with E-state index in [1.807, 2.05) is 0 Å². The number of hydrogen-bond acceptors (Lipinski definition) is 5. The summed E-state index contributed by atoms with van der Waals surface area (Å²) >= 11 is 0. The first-order chi connectivity index (χ1) is 13.3. The Balaban J connectivity index is 1.88. The average molecular weight is 390 g/mol. The van der Waals surface area contributed by atoms with Crippen LogP contribution in [0.3, 0.4) is 0 Å². The molecule has 0 atom stereocenters. The van der Waals surface area contributed by atoms with E-state index in [1.165, 1.54) is 25.3 Å². The number of nitrogens with zero attached hydrogens (tertiary/aromatic N) is 1.